The number of benzene rings is 3. The third kappa shape index (κ3) is 6.04. The van der Waals surface area contributed by atoms with Gasteiger partial charge in [0.2, 0.25) is 5.78 Å². The summed E-state index contributed by atoms with van der Waals surface area (Å²) < 4.78 is 5.45. The Morgan fingerprint density at radius 3 is 2.05 bits per heavy atom. The molecule has 0 aliphatic rings. The molecule has 2 N–H and O–H groups in total. The Bertz CT molecular complexity index is 1590. The van der Waals surface area contributed by atoms with Crippen molar-refractivity contribution in [1.82, 2.24) is 0 Å². The van der Waals surface area contributed by atoms with Crippen LogP contribution in [0, 0.1) is 0 Å². The summed E-state index contributed by atoms with van der Waals surface area (Å²) in [6, 6.07) is 21.1. The Morgan fingerprint density at radius 2 is 1.43 bits per heavy atom. The molecule has 4 aromatic rings. The lowest BCUT2D eigenvalue weighted by Crippen LogP contribution is -2.27. The van der Waals surface area contributed by atoms with Crippen LogP contribution in [0.2, 0.25) is 0 Å². The molecule has 4 rings (SSSR count). The molecule has 0 saturated heterocycles. The molecule has 1 atom stereocenters. The number of Topliss-reactive ketones (excluding diaryl/α,β-unsaturated/α-hetero) is 2. The van der Waals surface area contributed by atoms with Gasteiger partial charge in [0.25, 0.3) is 5.91 Å². The molecule has 7 heteroatoms. The van der Waals surface area contributed by atoms with Crippen molar-refractivity contribution < 1.29 is 23.9 Å². The number of para-hydroxylation sites is 2. The monoisotopic (exact) mass is 539 g/mol. The fraction of sp³-hybridized carbons (Fsp3) is 0.273. The molecule has 206 valence electrons. The van der Waals surface area contributed by atoms with Crippen LogP contribution in [-0.4, -0.2) is 22.6 Å². The highest BCUT2D eigenvalue weighted by Crippen LogP contribution is 2.36. The predicted molar refractivity (Wildman–Crippen MR) is 155 cm³/mol. The number of hydrogen-bond acceptors (Lipinski definition) is 6. The van der Waals surface area contributed by atoms with Crippen molar-refractivity contribution in [3.8, 4) is 5.75 Å². The zero-order chi connectivity index (χ0) is 29.0. The van der Waals surface area contributed by atoms with Gasteiger partial charge >= 0.3 is 5.63 Å². The first-order valence-corrected chi connectivity index (χ1v) is 13.4. The lowest BCUT2D eigenvalue weighted by atomic mass is 9.86. The van der Waals surface area contributed by atoms with Crippen LogP contribution in [0.25, 0.3) is 11.0 Å². The molecule has 3 aromatic carbocycles. The first kappa shape index (κ1) is 28.5. The molecule has 0 aliphatic heterocycles. The number of amides is 1. The second kappa shape index (κ2) is 12.1. The molecule has 0 radical (unpaired) electrons. The topological polar surface area (TPSA) is 114 Å². The number of fused-ring (bicyclic) bond motifs is 1. The van der Waals surface area contributed by atoms with Gasteiger partial charge in [-0.25, -0.2) is 4.79 Å². The molecule has 40 heavy (non-hydrogen) atoms. The first-order chi connectivity index (χ1) is 19.1. The molecular weight excluding hydrogens is 506 g/mol. The average molecular weight is 540 g/mol. The third-order valence-electron chi connectivity index (χ3n) is 7.02. The van der Waals surface area contributed by atoms with E-state index >= 15 is 0 Å². The van der Waals surface area contributed by atoms with Gasteiger partial charge in [-0.2, -0.15) is 0 Å². The maximum Gasteiger partial charge on any atom is 0.343 e. The van der Waals surface area contributed by atoms with E-state index in [1.54, 1.807) is 54.6 Å². The molecule has 7 nitrogen and oxygen atoms in total. The van der Waals surface area contributed by atoms with Crippen LogP contribution in [0.3, 0.4) is 0 Å². The molecule has 1 amide bonds. The zero-order valence-corrected chi connectivity index (χ0v) is 23.1. The summed E-state index contributed by atoms with van der Waals surface area (Å²) >= 11 is 0. The van der Waals surface area contributed by atoms with Crippen molar-refractivity contribution in [3.63, 3.8) is 0 Å². The van der Waals surface area contributed by atoms with E-state index in [4.69, 9.17) is 4.42 Å². The highest BCUT2D eigenvalue weighted by atomic mass is 16.4. The second-order valence-electron chi connectivity index (χ2n) is 10.5. The number of rotatable bonds is 10. The number of nitrogens with one attached hydrogen (secondary N) is 1. The third-order valence-corrected chi connectivity index (χ3v) is 7.02. The number of carbonyl (C=O) groups excluding carboxylic acids is 3. The van der Waals surface area contributed by atoms with E-state index in [0.717, 1.165) is 11.1 Å². The number of aromatic hydroxyl groups is 1. The first-order valence-electron chi connectivity index (χ1n) is 13.4. The standard InChI is InChI=1S/C33H33NO6/c1-19(2)23-14-10-15-24(20(3)4)30(23)34-32(38)27(36)18-22(35)17-26(21-11-6-5-7-12-21)29-31(37)25-13-8-9-16-28(25)40-33(29)39/h5-16,19-20,26,37H,17-18H2,1-4H3,(H,34,38)/t26-/m0/s1. The minimum atomic E-state index is -0.875. The van der Waals surface area contributed by atoms with Crippen molar-refractivity contribution >= 4 is 34.1 Å². The summed E-state index contributed by atoms with van der Waals surface area (Å²) in [5, 5.41) is 14.1. The van der Waals surface area contributed by atoms with E-state index in [2.05, 4.69) is 5.32 Å². The molecule has 0 bridgehead atoms. The summed E-state index contributed by atoms with van der Waals surface area (Å²) in [5.41, 5.74) is 2.39. The summed E-state index contributed by atoms with van der Waals surface area (Å²) in [4.78, 5) is 52.1. The Labute approximate surface area is 232 Å². The van der Waals surface area contributed by atoms with Gasteiger partial charge in [-0.1, -0.05) is 88.4 Å². The molecule has 1 aromatic heterocycles. The fourth-order valence-electron chi connectivity index (χ4n) is 4.96. The Balaban J connectivity index is 1.60. The van der Waals surface area contributed by atoms with Gasteiger partial charge in [-0.3, -0.25) is 14.4 Å². The number of carbonyl (C=O) groups is 3. The largest absolute Gasteiger partial charge is 0.507 e. The van der Waals surface area contributed by atoms with Crippen molar-refractivity contribution in [2.45, 2.75) is 58.3 Å². The molecule has 1 heterocycles. The van der Waals surface area contributed by atoms with E-state index in [1.807, 2.05) is 45.9 Å². The summed E-state index contributed by atoms with van der Waals surface area (Å²) in [5.74, 6) is -3.21. The summed E-state index contributed by atoms with van der Waals surface area (Å²) in [7, 11) is 0. The average Bonchev–Trinajstić information content (AvgIpc) is 2.92. The lowest BCUT2D eigenvalue weighted by Gasteiger charge is -2.20. The maximum atomic E-state index is 13.2. The Kier molecular flexibility index (Phi) is 8.63. The van der Waals surface area contributed by atoms with Crippen LogP contribution in [0.15, 0.2) is 82.0 Å². The van der Waals surface area contributed by atoms with Gasteiger partial charge in [0, 0.05) is 18.0 Å². The van der Waals surface area contributed by atoms with Gasteiger partial charge in [0.1, 0.15) is 17.1 Å². The highest BCUT2D eigenvalue weighted by molar-refractivity contribution is 6.43. The van der Waals surface area contributed by atoms with Crippen LogP contribution in [0.4, 0.5) is 5.69 Å². The minimum absolute atomic E-state index is 0.0670. The summed E-state index contributed by atoms with van der Waals surface area (Å²) in [6.45, 7) is 8.01. The fourth-order valence-corrected chi connectivity index (χ4v) is 4.96. The quantitative estimate of drug-likeness (QED) is 0.136. The van der Waals surface area contributed by atoms with Gasteiger partial charge in [-0.05, 0) is 40.7 Å². The second-order valence-corrected chi connectivity index (χ2v) is 10.5. The van der Waals surface area contributed by atoms with Crippen LogP contribution in [0.1, 0.15) is 80.5 Å². The molecule has 0 spiro atoms. The molecule has 0 saturated carbocycles. The van der Waals surface area contributed by atoms with E-state index in [0.29, 0.717) is 16.6 Å². The summed E-state index contributed by atoms with van der Waals surface area (Å²) in [6.07, 6.45) is -0.921. The Hall–Kier alpha value is -4.52. The molecule has 0 aliphatic carbocycles. The number of anilines is 1. The van der Waals surface area contributed by atoms with Crippen LogP contribution in [-0.2, 0) is 14.4 Å². The van der Waals surface area contributed by atoms with E-state index in [1.165, 1.54) is 0 Å². The van der Waals surface area contributed by atoms with Crippen molar-refractivity contribution in [2.75, 3.05) is 5.32 Å². The van der Waals surface area contributed by atoms with Gasteiger partial charge in [0.15, 0.2) is 0 Å². The molecule has 0 fully saturated rings. The highest BCUT2D eigenvalue weighted by Gasteiger charge is 2.29. The SMILES string of the molecule is CC(C)c1cccc(C(C)C)c1NC(=O)C(=O)CC(=O)C[C@@H](c1ccccc1)c1c(O)c2ccccc2oc1=O. The number of ketones is 2. The van der Waals surface area contributed by atoms with E-state index < -0.39 is 35.4 Å². The minimum Gasteiger partial charge on any atom is -0.507 e. The Morgan fingerprint density at radius 1 is 0.825 bits per heavy atom. The number of hydrogen-bond donors (Lipinski definition) is 2. The molecular formula is C33H33NO6. The van der Waals surface area contributed by atoms with E-state index in [9.17, 15) is 24.3 Å². The van der Waals surface area contributed by atoms with Gasteiger partial charge in [0.05, 0.1) is 17.4 Å². The van der Waals surface area contributed by atoms with Crippen molar-refractivity contribution in [2.24, 2.45) is 0 Å². The smallest absolute Gasteiger partial charge is 0.343 e. The van der Waals surface area contributed by atoms with Crippen molar-refractivity contribution in [3.05, 3.63) is 105 Å². The normalized spacial score (nSPS) is 12.1. The molecule has 0 unspecified atom stereocenters. The van der Waals surface area contributed by atoms with Crippen LogP contribution in [0.5, 0.6) is 5.75 Å². The van der Waals surface area contributed by atoms with Crippen LogP contribution >= 0.6 is 0 Å². The maximum absolute atomic E-state index is 13.2. The van der Waals surface area contributed by atoms with Gasteiger partial charge in [-0.15, -0.1) is 0 Å². The van der Waals surface area contributed by atoms with Crippen molar-refractivity contribution in [1.29, 1.82) is 0 Å². The van der Waals surface area contributed by atoms with E-state index in [-0.39, 0.29) is 35.2 Å². The predicted octanol–water partition coefficient (Wildman–Crippen LogP) is 6.43. The zero-order valence-electron chi connectivity index (χ0n) is 23.1. The van der Waals surface area contributed by atoms with Crippen LogP contribution < -0.4 is 10.9 Å². The van der Waals surface area contributed by atoms with Gasteiger partial charge < -0.3 is 14.8 Å². The lowest BCUT2D eigenvalue weighted by molar-refractivity contribution is -0.137.